The van der Waals surface area contributed by atoms with Crippen molar-refractivity contribution in [1.29, 1.82) is 0 Å². The lowest BCUT2D eigenvalue weighted by molar-refractivity contribution is 0.0692. The van der Waals surface area contributed by atoms with Crippen LogP contribution in [0.4, 0.5) is 0 Å². The first-order chi connectivity index (χ1) is 10.7. The fourth-order valence-corrected chi connectivity index (χ4v) is 2.07. The molecule has 2 aromatic rings. The molecule has 0 aliphatic rings. The van der Waals surface area contributed by atoms with Gasteiger partial charge in [-0.15, -0.1) is 0 Å². The molecule has 0 saturated heterocycles. The van der Waals surface area contributed by atoms with Gasteiger partial charge in [0.05, 0.1) is 7.11 Å². The third-order valence-corrected chi connectivity index (χ3v) is 3.12. The first kappa shape index (κ1) is 15.9. The highest BCUT2D eigenvalue weighted by Gasteiger charge is 2.15. The number of carboxylic acids is 1. The molecule has 0 amide bonds. The first-order valence-corrected chi connectivity index (χ1v) is 7.00. The number of ether oxygens (including phenoxy) is 2. The molecular formula is C17H19NO4. The molecular weight excluding hydrogens is 282 g/mol. The van der Waals surface area contributed by atoms with Crippen molar-refractivity contribution in [3.05, 3.63) is 59.7 Å². The average molecular weight is 301 g/mol. The van der Waals surface area contributed by atoms with E-state index in [-0.39, 0.29) is 11.3 Å². The molecule has 5 heteroatoms. The number of nitrogens with one attached hydrogen (secondary N) is 1. The minimum Gasteiger partial charge on any atom is -0.492 e. The van der Waals surface area contributed by atoms with E-state index >= 15 is 0 Å². The van der Waals surface area contributed by atoms with Gasteiger partial charge in [0.15, 0.2) is 11.5 Å². The lowest BCUT2D eigenvalue weighted by atomic mass is 10.2. The number of hydrogen-bond donors (Lipinski definition) is 2. The van der Waals surface area contributed by atoms with Crippen LogP contribution in [0.5, 0.6) is 11.5 Å². The normalized spacial score (nSPS) is 10.2. The smallest absolute Gasteiger partial charge is 0.339 e. The fourth-order valence-electron chi connectivity index (χ4n) is 2.07. The maximum Gasteiger partial charge on any atom is 0.339 e. The van der Waals surface area contributed by atoms with Crippen LogP contribution < -0.4 is 14.8 Å². The summed E-state index contributed by atoms with van der Waals surface area (Å²) >= 11 is 0. The number of benzene rings is 2. The molecule has 2 N–H and O–H groups in total. The van der Waals surface area contributed by atoms with Crippen molar-refractivity contribution < 1.29 is 19.4 Å². The molecule has 2 rings (SSSR count). The van der Waals surface area contributed by atoms with Crippen LogP contribution in [0.3, 0.4) is 0 Å². The quantitative estimate of drug-likeness (QED) is 0.733. The second-order valence-electron chi connectivity index (χ2n) is 4.65. The molecule has 0 unspecified atom stereocenters. The van der Waals surface area contributed by atoms with Crippen LogP contribution in [-0.2, 0) is 6.54 Å². The zero-order valence-corrected chi connectivity index (χ0v) is 12.4. The average Bonchev–Trinajstić information content (AvgIpc) is 2.55. The largest absolute Gasteiger partial charge is 0.492 e. The Bertz CT molecular complexity index is 613. The molecule has 0 aliphatic heterocycles. The zero-order valence-electron chi connectivity index (χ0n) is 12.4. The van der Waals surface area contributed by atoms with Crippen LogP contribution in [0.1, 0.15) is 15.9 Å². The highest BCUT2D eigenvalue weighted by molar-refractivity contribution is 5.92. The van der Waals surface area contributed by atoms with Gasteiger partial charge in [-0.3, -0.25) is 0 Å². The van der Waals surface area contributed by atoms with Crippen LogP contribution in [0.15, 0.2) is 48.5 Å². The third kappa shape index (κ3) is 4.23. The molecule has 116 valence electrons. The number of rotatable bonds is 8. The molecule has 0 radical (unpaired) electrons. The number of hydrogen-bond acceptors (Lipinski definition) is 4. The Morgan fingerprint density at radius 1 is 1.14 bits per heavy atom. The maximum absolute atomic E-state index is 11.1. The van der Waals surface area contributed by atoms with E-state index in [2.05, 4.69) is 5.32 Å². The summed E-state index contributed by atoms with van der Waals surface area (Å²) in [4.78, 5) is 11.1. The van der Waals surface area contributed by atoms with Crippen molar-refractivity contribution >= 4 is 5.97 Å². The summed E-state index contributed by atoms with van der Waals surface area (Å²) in [6, 6.07) is 14.9. The van der Waals surface area contributed by atoms with Crippen molar-refractivity contribution in [1.82, 2.24) is 5.32 Å². The standard InChI is InChI=1S/C17H19NO4/c1-21-16-14(17(19)20)8-5-9-15(16)22-11-10-18-12-13-6-3-2-4-7-13/h2-9,18H,10-12H2,1H3,(H,19,20). The molecule has 0 spiro atoms. The van der Waals surface area contributed by atoms with Gasteiger partial charge in [-0.05, 0) is 17.7 Å². The predicted octanol–water partition coefficient (Wildman–Crippen LogP) is 2.56. The second kappa shape index (κ2) is 8.05. The van der Waals surface area contributed by atoms with Gasteiger partial charge in [-0.2, -0.15) is 0 Å². The van der Waals surface area contributed by atoms with E-state index in [1.807, 2.05) is 30.3 Å². The number of aromatic carboxylic acids is 1. The van der Waals surface area contributed by atoms with Gasteiger partial charge in [0.2, 0.25) is 0 Å². The van der Waals surface area contributed by atoms with Gasteiger partial charge < -0.3 is 19.9 Å². The van der Waals surface area contributed by atoms with Crippen LogP contribution >= 0.6 is 0 Å². The number of carboxylic acid groups (broad SMARTS) is 1. The number of para-hydroxylation sites is 1. The first-order valence-electron chi connectivity index (χ1n) is 7.00. The molecule has 5 nitrogen and oxygen atoms in total. The highest BCUT2D eigenvalue weighted by Crippen LogP contribution is 2.30. The monoisotopic (exact) mass is 301 g/mol. The van der Waals surface area contributed by atoms with Crippen molar-refractivity contribution in [2.45, 2.75) is 6.54 Å². The molecule has 22 heavy (non-hydrogen) atoms. The predicted molar refractivity (Wildman–Crippen MR) is 83.6 cm³/mol. The van der Waals surface area contributed by atoms with Gasteiger partial charge in [0.1, 0.15) is 12.2 Å². The van der Waals surface area contributed by atoms with E-state index in [1.165, 1.54) is 18.7 Å². The highest BCUT2D eigenvalue weighted by atomic mass is 16.5. The van der Waals surface area contributed by atoms with E-state index in [4.69, 9.17) is 14.6 Å². The Balaban J connectivity index is 1.84. The molecule has 0 atom stereocenters. The molecule has 0 saturated carbocycles. The van der Waals surface area contributed by atoms with E-state index in [0.29, 0.717) is 18.9 Å². The molecule has 0 aromatic heterocycles. The van der Waals surface area contributed by atoms with Gasteiger partial charge in [-0.1, -0.05) is 36.4 Å². The van der Waals surface area contributed by atoms with Gasteiger partial charge in [0, 0.05) is 13.1 Å². The Hall–Kier alpha value is -2.53. The van der Waals surface area contributed by atoms with E-state index in [9.17, 15) is 4.79 Å². The zero-order chi connectivity index (χ0) is 15.8. The maximum atomic E-state index is 11.1. The van der Waals surface area contributed by atoms with Crippen molar-refractivity contribution in [3.63, 3.8) is 0 Å². The molecule has 0 fully saturated rings. The summed E-state index contributed by atoms with van der Waals surface area (Å²) in [6.45, 7) is 1.83. The SMILES string of the molecule is COc1c(OCCNCc2ccccc2)cccc1C(=O)O. The lowest BCUT2D eigenvalue weighted by Gasteiger charge is -2.13. The number of methoxy groups -OCH3 is 1. The molecule has 2 aromatic carbocycles. The summed E-state index contributed by atoms with van der Waals surface area (Å²) < 4.78 is 10.7. The Labute approximate surface area is 129 Å². The Kier molecular flexibility index (Phi) is 5.80. The minimum absolute atomic E-state index is 0.0947. The lowest BCUT2D eigenvalue weighted by Crippen LogP contribution is -2.20. The van der Waals surface area contributed by atoms with Crippen LogP contribution in [0.25, 0.3) is 0 Å². The summed E-state index contributed by atoms with van der Waals surface area (Å²) in [6.07, 6.45) is 0. The summed E-state index contributed by atoms with van der Waals surface area (Å²) in [5, 5.41) is 12.4. The number of carbonyl (C=O) groups is 1. The molecule has 0 aliphatic carbocycles. The van der Waals surface area contributed by atoms with E-state index in [1.54, 1.807) is 12.1 Å². The summed E-state index contributed by atoms with van der Waals surface area (Å²) in [5.74, 6) is -0.355. The summed E-state index contributed by atoms with van der Waals surface area (Å²) in [5.41, 5.74) is 1.30. The fraction of sp³-hybridized carbons (Fsp3) is 0.235. The van der Waals surface area contributed by atoms with Crippen LogP contribution in [0.2, 0.25) is 0 Å². The van der Waals surface area contributed by atoms with E-state index in [0.717, 1.165) is 6.54 Å². The molecule has 0 bridgehead atoms. The van der Waals surface area contributed by atoms with Crippen molar-refractivity contribution in [3.8, 4) is 11.5 Å². The van der Waals surface area contributed by atoms with Gasteiger partial charge in [0.25, 0.3) is 0 Å². The Morgan fingerprint density at radius 3 is 2.59 bits per heavy atom. The third-order valence-electron chi connectivity index (χ3n) is 3.12. The Morgan fingerprint density at radius 2 is 1.91 bits per heavy atom. The minimum atomic E-state index is -1.04. The van der Waals surface area contributed by atoms with Crippen LogP contribution in [0, 0.1) is 0 Å². The second-order valence-corrected chi connectivity index (χ2v) is 4.65. The topological polar surface area (TPSA) is 67.8 Å². The van der Waals surface area contributed by atoms with Crippen molar-refractivity contribution in [2.75, 3.05) is 20.3 Å². The van der Waals surface area contributed by atoms with E-state index < -0.39 is 5.97 Å². The van der Waals surface area contributed by atoms with Gasteiger partial charge in [-0.25, -0.2) is 4.79 Å². The summed E-state index contributed by atoms with van der Waals surface area (Å²) in [7, 11) is 1.43. The van der Waals surface area contributed by atoms with Crippen molar-refractivity contribution in [2.24, 2.45) is 0 Å². The van der Waals surface area contributed by atoms with Gasteiger partial charge >= 0.3 is 5.97 Å². The van der Waals surface area contributed by atoms with Crippen LogP contribution in [-0.4, -0.2) is 31.3 Å². The molecule has 0 heterocycles.